The quantitative estimate of drug-likeness (QED) is 0.785. The highest BCUT2D eigenvalue weighted by molar-refractivity contribution is 5.83. The molecule has 0 spiro atoms. The van der Waals surface area contributed by atoms with Crippen LogP contribution in [0.1, 0.15) is 11.1 Å². The van der Waals surface area contributed by atoms with Gasteiger partial charge in [-0.15, -0.1) is 0 Å². The number of H-pyrrole nitrogens is 1. The lowest BCUT2D eigenvalue weighted by atomic mass is 9.96. The third-order valence-electron chi connectivity index (χ3n) is 4.43. The molecule has 1 aromatic carbocycles. The Kier molecular flexibility index (Phi) is 4.78. The average molecular weight is 304 g/mol. The number of methoxy groups -OCH3 is 1. The average Bonchev–Trinajstić information content (AvgIpc) is 2.91. The third kappa shape index (κ3) is 3.17. The van der Waals surface area contributed by atoms with Gasteiger partial charge in [0.2, 0.25) is 0 Å². The zero-order chi connectivity index (χ0) is 15.5. The van der Waals surface area contributed by atoms with E-state index in [9.17, 15) is 5.11 Å². The SMILES string of the molecule is CO[C@@H]1COC[C@@H](CNCc2c[nH]c3cc(C)ccc23)[C@@H]1O. The molecule has 0 radical (unpaired) electrons. The summed E-state index contributed by atoms with van der Waals surface area (Å²) in [5, 5.41) is 14.9. The first-order chi connectivity index (χ1) is 10.7. The van der Waals surface area contributed by atoms with Gasteiger partial charge in [0, 0.05) is 43.2 Å². The first-order valence-corrected chi connectivity index (χ1v) is 7.75. The normalized spacial score (nSPS) is 25.7. The summed E-state index contributed by atoms with van der Waals surface area (Å²) in [6, 6.07) is 6.43. The number of aromatic amines is 1. The van der Waals surface area contributed by atoms with E-state index in [-0.39, 0.29) is 12.0 Å². The number of nitrogens with one attached hydrogen (secondary N) is 2. The van der Waals surface area contributed by atoms with E-state index in [4.69, 9.17) is 9.47 Å². The molecule has 3 N–H and O–H groups in total. The van der Waals surface area contributed by atoms with Crippen molar-refractivity contribution in [3.05, 3.63) is 35.5 Å². The van der Waals surface area contributed by atoms with E-state index < -0.39 is 6.10 Å². The standard InChI is InChI=1S/C17H24N2O3/c1-11-3-4-14-12(8-19-15(14)5-11)6-18-7-13-9-22-10-16(21-2)17(13)20/h3-5,8,13,16-20H,6-7,9-10H2,1-2H3/t13-,16-,17+/m1/s1. The zero-order valence-electron chi connectivity index (χ0n) is 13.1. The minimum atomic E-state index is -0.475. The minimum Gasteiger partial charge on any atom is -0.390 e. The van der Waals surface area contributed by atoms with Gasteiger partial charge in [-0.2, -0.15) is 0 Å². The van der Waals surface area contributed by atoms with E-state index in [1.54, 1.807) is 7.11 Å². The number of hydrogen-bond donors (Lipinski definition) is 3. The zero-order valence-corrected chi connectivity index (χ0v) is 13.1. The van der Waals surface area contributed by atoms with Crippen LogP contribution in [0.4, 0.5) is 0 Å². The highest BCUT2D eigenvalue weighted by Crippen LogP contribution is 2.20. The minimum absolute atomic E-state index is 0.0613. The van der Waals surface area contributed by atoms with E-state index >= 15 is 0 Å². The van der Waals surface area contributed by atoms with Gasteiger partial charge >= 0.3 is 0 Å². The predicted molar refractivity (Wildman–Crippen MR) is 85.9 cm³/mol. The summed E-state index contributed by atoms with van der Waals surface area (Å²) in [6.45, 7) is 4.61. The molecule has 120 valence electrons. The molecule has 2 heterocycles. The van der Waals surface area contributed by atoms with E-state index in [0.717, 1.165) is 12.1 Å². The van der Waals surface area contributed by atoms with Crippen molar-refractivity contribution in [2.75, 3.05) is 26.9 Å². The number of aliphatic hydroxyl groups excluding tert-OH is 1. The second-order valence-electron chi connectivity index (χ2n) is 6.06. The van der Waals surface area contributed by atoms with Gasteiger partial charge in [-0.1, -0.05) is 12.1 Å². The molecule has 0 bridgehead atoms. The maximum Gasteiger partial charge on any atom is 0.107 e. The number of rotatable bonds is 5. The lowest BCUT2D eigenvalue weighted by molar-refractivity contribution is -0.133. The molecule has 3 atom stereocenters. The second kappa shape index (κ2) is 6.79. The molecule has 0 amide bonds. The van der Waals surface area contributed by atoms with Crippen LogP contribution in [-0.4, -0.2) is 49.2 Å². The Bertz CT molecular complexity index is 625. The molecule has 5 nitrogen and oxygen atoms in total. The molecule has 0 unspecified atom stereocenters. The predicted octanol–water partition coefficient (Wildman–Crippen LogP) is 1.59. The highest BCUT2D eigenvalue weighted by atomic mass is 16.5. The first kappa shape index (κ1) is 15.5. The first-order valence-electron chi connectivity index (χ1n) is 7.75. The Balaban J connectivity index is 1.58. The number of ether oxygens (including phenoxy) is 2. The van der Waals surface area contributed by atoms with Gasteiger partial charge in [-0.25, -0.2) is 0 Å². The Morgan fingerprint density at radius 1 is 1.41 bits per heavy atom. The fraction of sp³-hybridized carbons (Fsp3) is 0.529. The molecule has 3 rings (SSSR count). The van der Waals surface area contributed by atoms with Crippen molar-refractivity contribution in [3.8, 4) is 0 Å². The van der Waals surface area contributed by atoms with Crippen LogP contribution in [0.3, 0.4) is 0 Å². The lowest BCUT2D eigenvalue weighted by Gasteiger charge is -2.33. The van der Waals surface area contributed by atoms with Gasteiger partial charge in [-0.3, -0.25) is 0 Å². The molecular weight excluding hydrogens is 280 g/mol. The van der Waals surface area contributed by atoms with Gasteiger partial charge in [0.25, 0.3) is 0 Å². The molecule has 22 heavy (non-hydrogen) atoms. The smallest absolute Gasteiger partial charge is 0.107 e. The number of benzene rings is 1. The highest BCUT2D eigenvalue weighted by Gasteiger charge is 2.32. The van der Waals surface area contributed by atoms with Crippen LogP contribution < -0.4 is 5.32 Å². The van der Waals surface area contributed by atoms with Gasteiger partial charge in [0.1, 0.15) is 6.10 Å². The van der Waals surface area contributed by atoms with E-state index in [2.05, 4.69) is 35.4 Å². The van der Waals surface area contributed by atoms with E-state index in [1.807, 2.05) is 6.20 Å². The van der Waals surface area contributed by atoms with E-state index in [0.29, 0.717) is 19.8 Å². The molecule has 2 aromatic rings. The van der Waals surface area contributed by atoms with E-state index in [1.165, 1.54) is 16.5 Å². The third-order valence-corrected chi connectivity index (χ3v) is 4.43. The summed E-state index contributed by atoms with van der Waals surface area (Å²) in [6.07, 6.45) is 1.34. The summed E-state index contributed by atoms with van der Waals surface area (Å²) >= 11 is 0. The van der Waals surface area contributed by atoms with Crippen LogP contribution in [0.25, 0.3) is 10.9 Å². The lowest BCUT2D eigenvalue weighted by Crippen LogP contribution is -2.48. The monoisotopic (exact) mass is 304 g/mol. The number of aryl methyl sites for hydroxylation is 1. The van der Waals surface area contributed by atoms with Crippen LogP contribution in [0.15, 0.2) is 24.4 Å². The molecule has 1 aliphatic heterocycles. The van der Waals surface area contributed by atoms with Gasteiger partial charge in [0.05, 0.1) is 19.3 Å². The summed E-state index contributed by atoms with van der Waals surface area (Å²) in [7, 11) is 1.61. The molecule has 5 heteroatoms. The van der Waals surface area contributed by atoms with Crippen molar-refractivity contribution in [1.29, 1.82) is 0 Å². The van der Waals surface area contributed by atoms with Gasteiger partial charge in [-0.05, 0) is 24.1 Å². The van der Waals surface area contributed by atoms with Crippen molar-refractivity contribution in [3.63, 3.8) is 0 Å². The Morgan fingerprint density at radius 2 is 2.27 bits per heavy atom. The maximum atomic E-state index is 10.2. The summed E-state index contributed by atoms with van der Waals surface area (Å²) in [4.78, 5) is 3.31. The molecule has 0 saturated carbocycles. The fourth-order valence-corrected chi connectivity index (χ4v) is 3.06. The molecule has 1 aromatic heterocycles. The van der Waals surface area contributed by atoms with Crippen LogP contribution >= 0.6 is 0 Å². The Hall–Kier alpha value is -1.40. The van der Waals surface area contributed by atoms with Crippen molar-refractivity contribution >= 4 is 10.9 Å². The molecule has 1 aliphatic rings. The summed E-state index contributed by atoms with van der Waals surface area (Å²) < 4.78 is 10.7. The molecule has 1 saturated heterocycles. The number of fused-ring (bicyclic) bond motifs is 1. The number of aliphatic hydroxyl groups is 1. The number of hydrogen-bond acceptors (Lipinski definition) is 4. The van der Waals surface area contributed by atoms with Crippen molar-refractivity contribution in [1.82, 2.24) is 10.3 Å². The van der Waals surface area contributed by atoms with Crippen molar-refractivity contribution < 1.29 is 14.6 Å². The molecule has 0 aliphatic carbocycles. The van der Waals surface area contributed by atoms with Crippen LogP contribution in [0.5, 0.6) is 0 Å². The molecule has 1 fully saturated rings. The van der Waals surface area contributed by atoms with Crippen LogP contribution in [0.2, 0.25) is 0 Å². The maximum absolute atomic E-state index is 10.2. The van der Waals surface area contributed by atoms with Gasteiger partial charge < -0.3 is 24.9 Å². The van der Waals surface area contributed by atoms with Crippen molar-refractivity contribution in [2.24, 2.45) is 5.92 Å². The second-order valence-corrected chi connectivity index (χ2v) is 6.06. The summed E-state index contributed by atoms with van der Waals surface area (Å²) in [5.74, 6) is 0.0613. The topological polar surface area (TPSA) is 66.5 Å². The van der Waals surface area contributed by atoms with Crippen LogP contribution in [0, 0.1) is 12.8 Å². The Morgan fingerprint density at radius 3 is 3.09 bits per heavy atom. The van der Waals surface area contributed by atoms with Crippen molar-refractivity contribution in [2.45, 2.75) is 25.7 Å². The summed E-state index contributed by atoms with van der Waals surface area (Å²) in [5.41, 5.74) is 3.66. The fourth-order valence-electron chi connectivity index (χ4n) is 3.06. The number of aromatic nitrogens is 1. The van der Waals surface area contributed by atoms with Crippen LogP contribution in [-0.2, 0) is 16.0 Å². The Labute approximate surface area is 130 Å². The van der Waals surface area contributed by atoms with Gasteiger partial charge in [0.15, 0.2) is 0 Å². The molecular formula is C17H24N2O3. The largest absolute Gasteiger partial charge is 0.390 e.